The normalized spacial score (nSPS) is 14.8. The zero-order chi connectivity index (χ0) is 12.8. The summed E-state index contributed by atoms with van der Waals surface area (Å²) in [5, 5.41) is 3.60. The Kier molecular flexibility index (Phi) is 7.30. The second-order valence-corrected chi connectivity index (χ2v) is 7.16. The fourth-order valence-electron chi connectivity index (χ4n) is 1.85. The molecule has 0 heterocycles. The third kappa shape index (κ3) is 9.21. The summed E-state index contributed by atoms with van der Waals surface area (Å²) in [6.45, 7) is 18.6. The second kappa shape index (κ2) is 7.32. The molecule has 0 bridgehead atoms. The Bertz CT molecular complexity index is 165. The first-order valence-corrected chi connectivity index (χ1v) is 6.93. The lowest BCUT2D eigenvalue weighted by atomic mass is 9.83. The Morgan fingerprint density at radius 2 is 1.50 bits per heavy atom. The van der Waals surface area contributed by atoms with Gasteiger partial charge in [0.25, 0.3) is 0 Å². The van der Waals surface area contributed by atoms with Gasteiger partial charge in [-0.15, -0.1) is 0 Å². The van der Waals surface area contributed by atoms with E-state index in [0.29, 0.717) is 5.41 Å². The van der Waals surface area contributed by atoms with Crippen LogP contribution in [0.25, 0.3) is 0 Å². The van der Waals surface area contributed by atoms with E-state index >= 15 is 0 Å². The van der Waals surface area contributed by atoms with Gasteiger partial charge in [0.1, 0.15) is 0 Å². The molecular weight excluding hydrogens is 194 g/mol. The molecule has 1 heteroatoms. The second-order valence-electron chi connectivity index (χ2n) is 7.16. The molecule has 16 heavy (non-hydrogen) atoms. The van der Waals surface area contributed by atoms with Crippen LogP contribution in [0.5, 0.6) is 0 Å². The van der Waals surface area contributed by atoms with Crippen molar-refractivity contribution < 1.29 is 0 Å². The SMILES string of the molecule is CC(C)CNCC(CCC(C)(C)C)C(C)C. The van der Waals surface area contributed by atoms with Crippen LogP contribution in [-0.2, 0) is 0 Å². The van der Waals surface area contributed by atoms with Gasteiger partial charge in [-0.25, -0.2) is 0 Å². The molecule has 0 aromatic carbocycles. The van der Waals surface area contributed by atoms with Crippen LogP contribution in [0.15, 0.2) is 0 Å². The molecule has 1 nitrogen and oxygen atoms in total. The van der Waals surface area contributed by atoms with Crippen LogP contribution in [0, 0.1) is 23.2 Å². The number of rotatable bonds is 7. The number of nitrogens with one attached hydrogen (secondary N) is 1. The van der Waals surface area contributed by atoms with Crippen LogP contribution in [0.2, 0.25) is 0 Å². The molecule has 0 aliphatic carbocycles. The van der Waals surface area contributed by atoms with Crippen molar-refractivity contribution in [2.75, 3.05) is 13.1 Å². The smallest absolute Gasteiger partial charge is 0.00180 e. The summed E-state index contributed by atoms with van der Waals surface area (Å²) < 4.78 is 0. The summed E-state index contributed by atoms with van der Waals surface area (Å²) in [6, 6.07) is 0. The maximum absolute atomic E-state index is 3.60. The highest BCUT2D eigenvalue weighted by molar-refractivity contribution is 4.71. The van der Waals surface area contributed by atoms with Crippen LogP contribution in [0.1, 0.15) is 61.3 Å². The monoisotopic (exact) mass is 227 g/mol. The fraction of sp³-hybridized carbons (Fsp3) is 1.00. The summed E-state index contributed by atoms with van der Waals surface area (Å²) in [5.74, 6) is 2.38. The van der Waals surface area contributed by atoms with Gasteiger partial charge in [-0.05, 0) is 49.1 Å². The molecule has 0 amide bonds. The van der Waals surface area contributed by atoms with Gasteiger partial charge in [-0.2, -0.15) is 0 Å². The first-order chi connectivity index (χ1) is 7.22. The van der Waals surface area contributed by atoms with Gasteiger partial charge in [0.15, 0.2) is 0 Å². The van der Waals surface area contributed by atoms with Crippen molar-refractivity contribution in [2.24, 2.45) is 23.2 Å². The van der Waals surface area contributed by atoms with Crippen LogP contribution < -0.4 is 5.32 Å². The molecule has 0 aromatic rings. The molecule has 0 rings (SSSR count). The van der Waals surface area contributed by atoms with Crippen LogP contribution in [0.4, 0.5) is 0 Å². The first-order valence-electron chi connectivity index (χ1n) is 6.93. The fourth-order valence-corrected chi connectivity index (χ4v) is 1.85. The molecular formula is C15H33N. The van der Waals surface area contributed by atoms with Gasteiger partial charge < -0.3 is 5.32 Å². The Hall–Kier alpha value is -0.0400. The van der Waals surface area contributed by atoms with Crippen LogP contribution in [0.3, 0.4) is 0 Å². The molecule has 0 spiro atoms. The minimum atomic E-state index is 0.477. The Balaban J connectivity index is 3.89. The molecule has 0 radical (unpaired) electrons. The van der Waals surface area contributed by atoms with Crippen molar-refractivity contribution in [3.63, 3.8) is 0 Å². The molecule has 1 atom stereocenters. The lowest BCUT2D eigenvalue weighted by Gasteiger charge is -2.26. The van der Waals surface area contributed by atoms with E-state index in [1.807, 2.05) is 0 Å². The molecule has 1 N–H and O–H groups in total. The van der Waals surface area contributed by atoms with E-state index in [0.717, 1.165) is 24.3 Å². The Labute approximate surface area is 103 Å². The van der Waals surface area contributed by atoms with E-state index in [2.05, 4.69) is 53.8 Å². The Morgan fingerprint density at radius 1 is 0.938 bits per heavy atom. The van der Waals surface area contributed by atoms with E-state index in [9.17, 15) is 0 Å². The first kappa shape index (κ1) is 16.0. The maximum atomic E-state index is 3.60. The molecule has 0 fully saturated rings. The quantitative estimate of drug-likeness (QED) is 0.682. The average Bonchev–Trinajstić information content (AvgIpc) is 2.07. The van der Waals surface area contributed by atoms with Gasteiger partial charge >= 0.3 is 0 Å². The van der Waals surface area contributed by atoms with Gasteiger partial charge in [0.05, 0.1) is 0 Å². The zero-order valence-corrected chi connectivity index (χ0v) is 12.6. The van der Waals surface area contributed by atoms with Crippen molar-refractivity contribution in [1.82, 2.24) is 5.32 Å². The summed E-state index contributed by atoms with van der Waals surface area (Å²) in [7, 11) is 0. The van der Waals surface area contributed by atoms with E-state index in [-0.39, 0.29) is 0 Å². The third-order valence-electron chi connectivity index (χ3n) is 3.17. The molecule has 0 aliphatic rings. The minimum Gasteiger partial charge on any atom is -0.316 e. The lowest BCUT2D eigenvalue weighted by Crippen LogP contribution is -2.29. The number of hydrogen-bond donors (Lipinski definition) is 1. The standard InChI is InChI=1S/C15H33N/c1-12(2)10-16-11-14(13(3)4)8-9-15(5,6)7/h12-14,16H,8-11H2,1-7H3. The minimum absolute atomic E-state index is 0.477. The molecule has 0 aromatic heterocycles. The van der Waals surface area contributed by atoms with Gasteiger partial charge in [-0.1, -0.05) is 48.5 Å². The van der Waals surface area contributed by atoms with Gasteiger partial charge in [-0.3, -0.25) is 0 Å². The summed E-state index contributed by atoms with van der Waals surface area (Å²) in [4.78, 5) is 0. The summed E-state index contributed by atoms with van der Waals surface area (Å²) >= 11 is 0. The molecule has 0 saturated heterocycles. The van der Waals surface area contributed by atoms with Crippen LogP contribution in [-0.4, -0.2) is 13.1 Å². The van der Waals surface area contributed by atoms with Gasteiger partial charge in [0.2, 0.25) is 0 Å². The van der Waals surface area contributed by atoms with Crippen molar-refractivity contribution in [3.05, 3.63) is 0 Å². The van der Waals surface area contributed by atoms with E-state index in [1.165, 1.54) is 19.4 Å². The van der Waals surface area contributed by atoms with Gasteiger partial charge in [0, 0.05) is 0 Å². The predicted octanol–water partition coefficient (Wildman–Crippen LogP) is 4.33. The van der Waals surface area contributed by atoms with E-state index < -0.39 is 0 Å². The molecule has 0 saturated carbocycles. The van der Waals surface area contributed by atoms with E-state index in [4.69, 9.17) is 0 Å². The summed E-state index contributed by atoms with van der Waals surface area (Å²) in [5.41, 5.74) is 0.477. The molecule has 0 aliphatic heterocycles. The largest absolute Gasteiger partial charge is 0.316 e. The predicted molar refractivity (Wildman–Crippen MR) is 74.7 cm³/mol. The Morgan fingerprint density at radius 3 is 1.88 bits per heavy atom. The van der Waals surface area contributed by atoms with E-state index in [1.54, 1.807) is 0 Å². The average molecular weight is 227 g/mol. The van der Waals surface area contributed by atoms with Crippen molar-refractivity contribution in [2.45, 2.75) is 61.3 Å². The topological polar surface area (TPSA) is 12.0 Å². The highest BCUT2D eigenvalue weighted by atomic mass is 14.9. The molecule has 1 unspecified atom stereocenters. The lowest BCUT2D eigenvalue weighted by molar-refractivity contribution is 0.269. The van der Waals surface area contributed by atoms with Crippen molar-refractivity contribution in [1.29, 1.82) is 0 Å². The molecule has 98 valence electrons. The summed E-state index contributed by atoms with van der Waals surface area (Å²) in [6.07, 6.45) is 2.69. The highest BCUT2D eigenvalue weighted by Crippen LogP contribution is 2.26. The maximum Gasteiger partial charge on any atom is -0.00180 e. The number of hydrogen-bond acceptors (Lipinski definition) is 1. The zero-order valence-electron chi connectivity index (χ0n) is 12.6. The van der Waals surface area contributed by atoms with Crippen LogP contribution >= 0.6 is 0 Å². The van der Waals surface area contributed by atoms with Crippen molar-refractivity contribution >= 4 is 0 Å². The third-order valence-corrected chi connectivity index (χ3v) is 3.17. The van der Waals surface area contributed by atoms with Crippen molar-refractivity contribution in [3.8, 4) is 0 Å². The highest BCUT2D eigenvalue weighted by Gasteiger charge is 2.17.